The molecule has 1 aromatic rings. The Bertz CT molecular complexity index is 815. The molecule has 0 radical (unpaired) electrons. The van der Waals surface area contributed by atoms with Crippen LogP contribution in [0.4, 0.5) is 5.69 Å². The van der Waals surface area contributed by atoms with Crippen molar-refractivity contribution < 1.29 is 9.59 Å². The number of nitrogens with one attached hydrogen (secondary N) is 1. The van der Waals surface area contributed by atoms with Crippen molar-refractivity contribution in [2.45, 2.75) is 27.7 Å². The van der Waals surface area contributed by atoms with E-state index >= 15 is 0 Å². The second-order valence-electron chi connectivity index (χ2n) is 7.00. The lowest BCUT2D eigenvalue weighted by Crippen LogP contribution is -2.54. The Morgan fingerprint density at radius 1 is 1.28 bits per heavy atom. The molecule has 2 unspecified atom stereocenters. The highest BCUT2D eigenvalue weighted by molar-refractivity contribution is 6.00. The van der Waals surface area contributed by atoms with Crippen molar-refractivity contribution in [3.63, 3.8) is 0 Å². The summed E-state index contributed by atoms with van der Waals surface area (Å²) in [5.41, 5.74) is 5.80. The van der Waals surface area contributed by atoms with Gasteiger partial charge in [0.25, 0.3) is 0 Å². The Morgan fingerprint density at radius 2 is 1.96 bits per heavy atom. The largest absolute Gasteiger partial charge is 0.369 e. The van der Waals surface area contributed by atoms with Crippen molar-refractivity contribution in [2.24, 2.45) is 22.5 Å². The van der Waals surface area contributed by atoms with Crippen LogP contribution < -0.4 is 11.1 Å². The summed E-state index contributed by atoms with van der Waals surface area (Å²) in [6, 6.07) is 7.83. The molecular formula is C20H23N3O2. The van der Waals surface area contributed by atoms with Crippen molar-refractivity contribution in [1.82, 2.24) is 0 Å². The summed E-state index contributed by atoms with van der Waals surface area (Å²) in [6.07, 6.45) is 6.55. The Labute approximate surface area is 148 Å². The minimum Gasteiger partial charge on any atom is -0.369 e. The summed E-state index contributed by atoms with van der Waals surface area (Å²) in [6.45, 7) is 7.12. The number of hydrogen-bond donors (Lipinski definition) is 2. The molecule has 1 aliphatic rings. The van der Waals surface area contributed by atoms with E-state index in [0.29, 0.717) is 5.69 Å². The Hall–Kier alpha value is -2.87. The number of anilines is 1. The van der Waals surface area contributed by atoms with Crippen LogP contribution in [0.1, 0.15) is 25.0 Å². The number of carbonyl (C=O) groups is 2. The van der Waals surface area contributed by atoms with Gasteiger partial charge in [-0.25, -0.2) is 0 Å². The summed E-state index contributed by atoms with van der Waals surface area (Å²) < 4.78 is 0. The highest BCUT2D eigenvalue weighted by Gasteiger charge is 2.56. The Balaban J connectivity index is 2.45. The van der Waals surface area contributed by atoms with E-state index in [4.69, 9.17) is 5.73 Å². The van der Waals surface area contributed by atoms with Crippen molar-refractivity contribution in [2.75, 3.05) is 5.32 Å². The molecule has 0 aromatic heterocycles. The van der Waals surface area contributed by atoms with Crippen LogP contribution in [0.2, 0.25) is 0 Å². The molecule has 1 aromatic carbocycles. The Morgan fingerprint density at radius 3 is 2.52 bits per heavy atom. The molecule has 0 saturated heterocycles. The molecule has 0 heterocycles. The summed E-state index contributed by atoms with van der Waals surface area (Å²) in [5.74, 6) is -1.93. The van der Waals surface area contributed by atoms with Crippen molar-refractivity contribution in [1.29, 1.82) is 5.26 Å². The number of rotatable bonds is 4. The van der Waals surface area contributed by atoms with Gasteiger partial charge in [0.1, 0.15) is 5.41 Å². The maximum absolute atomic E-state index is 13.0. The fourth-order valence-electron chi connectivity index (χ4n) is 3.33. The third-order valence-corrected chi connectivity index (χ3v) is 4.91. The molecule has 25 heavy (non-hydrogen) atoms. The summed E-state index contributed by atoms with van der Waals surface area (Å²) in [4.78, 5) is 25.3. The number of primary amides is 1. The van der Waals surface area contributed by atoms with Crippen LogP contribution in [0.25, 0.3) is 0 Å². The van der Waals surface area contributed by atoms with E-state index in [0.717, 1.165) is 11.1 Å². The summed E-state index contributed by atoms with van der Waals surface area (Å²) in [7, 11) is 0. The molecule has 5 heteroatoms. The van der Waals surface area contributed by atoms with E-state index in [1.54, 1.807) is 38.2 Å². The number of aryl methyl sites for hydroxylation is 2. The lowest BCUT2D eigenvalue weighted by Gasteiger charge is -2.42. The molecule has 2 rings (SSSR count). The minimum atomic E-state index is -1.42. The zero-order valence-corrected chi connectivity index (χ0v) is 15.0. The number of nitriles is 1. The SMILES string of the molecule is Cc1ccc(NC(=O)C2C=CC=CC2(C(N)=O)C(C)(C)C#N)c(C)c1. The minimum absolute atomic E-state index is 0.366. The van der Waals surface area contributed by atoms with Gasteiger partial charge in [0.05, 0.1) is 17.4 Å². The van der Waals surface area contributed by atoms with Gasteiger partial charge in [-0.1, -0.05) is 42.0 Å². The molecule has 0 aliphatic heterocycles. The number of benzene rings is 1. The van der Waals surface area contributed by atoms with E-state index in [-0.39, 0.29) is 5.91 Å². The number of carbonyl (C=O) groups excluding carboxylic acids is 2. The first-order valence-electron chi connectivity index (χ1n) is 8.11. The molecule has 0 saturated carbocycles. The number of hydrogen-bond acceptors (Lipinski definition) is 3. The first-order valence-corrected chi connectivity index (χ1v) is 8.11. The fourth-order valence-corrected chi connectivity index (χ4v) is 3.33. The summed E-state index contributed by atoms with van der Waals surface area (Å²) in [5, 5.41) is 12.4. The van der Waals surface area contributed by atoms with E-state index in [1.165, 1.54) is 0 Å². The van der Waals surface area contributed by atoms with Crippen LogP contribution in [-0.4, -0.2) is 11.8 Å². The zero-order chi connectivity index (χ0) is 18.8. The zero-order valence-electron chi connectivity index (χ0n) is 15.0. The lowest BCUT2D eigenvalue weighted by molar-refractivity contribution is -0.137. The van der Waals surface area contributed by atoms with Crippen LogP contribution in [0, 0.1) is 41.9 Å². The average molecular weight is 337 g/mol. The van der Waals surface area contributed by atoms with Crippen molar-refractivity contribution in [3.8, 4) is 6.07 Å². The monoisotopic (exact) mass is 337 g/mol. The molecule has 1 aliphatic carbocycles. The second-order valence-corrected chi connectivity index (χ2v) is 7.00. The average Bonchev–Trinajstić information content (AvgIpc) is 2.56. The van der Waals surface area contributed by atoms with Gasteiger partial charge in [0, 0.05) is 5.69 Å². The fraction of sp³-hybridized carbons (Fsp3) is 0.350. The first kappa shape index (κ1) is 18.5. The van der Waals surface area contributed by atoms with E-state index in [2.05, 4.69) is 11.4 Å². The van der Waals surface area contributed by atoms with Gasteiger partial charge < -0.3 is 11.1 Å². The van der Waals surface area contributed by atoms with Gasteiger partial charge in [-0.15, -0.1) is 0 Å². The van der Waals surface area contributed by atoms with Crippen LogP contribution >= 0.6 is 0 Å². The second kappa shape index (κ2) is 6.56. The number of nitrogens with zero attached hydrogens (tertiary/aromatic N) is 1. The Kier molecular flexibility index (Phi) is 4.85. The van der Waals surface area contributed by atoms with E-state index < -0.39 is 22.7 Å². The molecule has 2 amide bonds. The molecule has 3 N–H and O–H groups in total. The van der Waals surface area contributed by atoms with Crippen LogP contribution in [0.15, 0.2) is 42.5 Å². The van der Waals surface area contributed by atoms with Gasteiger partial charge in [-0.2, -0.15) is 5.26 Å². The maximum atomic E-state index is 13.0. The smallest absolute Gasteiger partial charge is 0.232 e. The molecular weight excluding hydrogens is 314 g/mol. The molecule has 130 valence electrons. The summed E-state index contributed by atoms with van der Waals surface area (Å²) >= 11 is 0. The highest BCUT2D eigenvalue weighted by Crippen LogP contribution is 2.48. The van der Waals surface area contributed by atoms with Crippen LogP contribution in [-0.2, 0) is 9.59 Å². The number of nitrogens with two attached hydrogens (primary N) is 1. The van der Waals surface area contributed by atoms with E-state index in [9.17, 15) is 14.9 Å². The molecule has 5 nitrogen and oxygen atoms in total. The first-order chi connectivity index (χ1) is 11.7. The standard InChI is InChI=1S/C20H23N3O2/c1-13-8-9-16(14(2)11-13)23-17(24)15-7-5-6-10-20(15,18(22)25)19(3,4)12-21/h5-11,15H,1-4H3,(H2,22,25)(H,23,24). The predicted molar refractivity (Wildman–Crippen MR) is 97.3 cm³/mol. The van der Waals surface area contributed by atoms with Crippen molar-refractivity contribution >= 4 is 17.5 Å². The molecule has 0 fully saturated rings. The third-order valence-electron chi connectivity index (χ3n) is 4.91. The van der Waals surface area contributed by atoms with Gasteiger partial charge in [-0.3, -0.25) is 9.59 Å². The number of amides is 2. The molecule has 2 atom stereocenters. The number of allylic oxidation sites excluding steroid dienone is 2. The highest BCUT2D eigenvalue weighted by atomic mass is 16.2. The predicted octanol–water partition coefficient (Wildman–Crippen LogP) is 3.01. The quantitative estimate of drug-likeness (QED) is 0.884. The van der Waals surface area contributed by atoms with Gasteiger partial charge in [-0.05, 0) is 39.3 Å². The van der Waals surface area contributed by atoms with E-state index in [1.807, 2.05) is 32.0 Å². The lowest BCUT2D eigenvalue weighted by atomic mass is 9.57. The van der Waals surface area contributed by atoms with Gasteiger partial charge >= 0.3 is 0 Å². The molecule has 0 bridgehead atoms. The van der Waals surface area contributed by atoms with Crippen LogP contribution in [0.5, 0.6) is 0 Å². The third kappa shape index (κ3) is 3.08. The van der Waals surface area contributed by atoms with Crippen molar-refractivity contribution in [3.05, 3.63) is 53.6 Å². The van der Waals surface area contributed by atoms with Gasteiger partial charge in [0.2, 0.25) is 11.8 Å². The maximum Gasteiger partial charge on any atom is 0.232 e. The molecule has 0 spiro atoms. The van der Waals surface area contributed by atoms with Gasteiger partial charge in [0.15, 0.2) is 0 Å². The van der Waals surface area contributed by atoms with Crippen LogP contribution in [0.3, 0.4) is 0 Å². The topological polar surface area (TPSA) is 96.0 Å². The normalized spacial score (nSPS) is 22.3.